The van der Waals surface area contributed by atoms with Crippen molar-refractivity contribution >= 4 is 34.4 Å². The molecule has 0 radical (unpaired) electrons. The number of rotatable bonds is 6. The van der Waals surface area contributed by atoms with Crippen LogP contribution in [0.5, 0.6) is 0 Å². The van der Waals surface area contributed by atoms with E-state index in [9.17, 15) is 4.39 Å². The molecule has 5 rings (SSSR count). The van der Waals surface area contributed by atoms with Crippen LogP contribution in [0.1, 0.15) is 18.5 Å². The van der Waals surface area contributed by atoms with Gasteiger partial charge in [-0.1, -0.05) is 18.2 Å². The van der Waals surface area contributed by atoms with E-state index in [0.717, 1.165) is 27.9 Å². The van der Waals surface area contributed by atoms with E-state index in [0.29, 0.717) is 17.5 Å². The third-order valence-electron chi connectivity index (χ3n) is 5.09. The molecule has 0 spiro atoms. The van der Waals surface area contributed by atoms with Crippen molar-refractivity contribution in [3.8, 4) is 11.3 Å². The molecule has 0 aliphatic carbocycles. The molecule has 3 heterocycles. The molecule has 0 saturated carbocycles. The van der Waals surface area contributed by atoms with Crippen LogP contribution in [0.25, 0.3) is 22.3 Å². The van der Waals surface area contributed by atoms with E-state index >= 15 is 0 Å². The molecule has 0 amide bonds. The van der Waals surface area contributed by atoms with Gasteiger partial charge in [0, 0.05) is 36.1 Å². The Labute approximate surface area is 188 Å². The van der Waals surface area contributed by atoms with Crippen LogP contribution in [0.2, 0.25) is 0 Å². The summed E-state index contributed by atoms with van der Waals surface area (Å²) in [4.78, 5) is 17.1. The topological polar surface area (TPSA) is 130 Å². The molecule has 0 aliphatic rings. The summed E-state index contributed by atoms with van der Waals surface area (Å²) in [6, 6.07) is 15.6. The number of nitrogens with zero attached hydrogens (tertiary/aromatic N) is 5. The maximum atomic E-state index is 13.2. The van der Waals surface area contributed by atoms with Crippen LogP contribution in [0.15, 0.2) is 67.0 Å². The van der Waals surface area contributed by atoms with E-state index in [4.69, 9.17) is 5.73 Å². The summed E-state index contributed by atoms with van der Waals surface area (Å²) in [5.74, 6) is 1.42. The molecule has 2 aromatic carbocycles. The van der Waals surface area contributed by atoms with Crippen molar-refractivity contribution in [2.75, 3.05) is 16.4 Å². The molecule has 0 saturated heterocycles. The summed E-state index contributed by atoms with van der Waals surface area (Å²) in [6.07, 6.45) is 3.32. The number of hydrogen-bond acceptors (Lipinski definition) is 8. The van der Waals surface area contributed by atoms with Crippen LogP contribution < -0.4 is 16.4 Å². The fourth-order valence-corrected chi connectivity index (χ4v) is 3.46. The van der Waals surface area contributed by atoms with E-state index in [-0.39, 0.29) is 17.8 Å². The van der Waals surface area contributed by atoms with Crippen molar-refractivity contribution in [2.24, 2.45) is 0 Å². The Bertz CT molecular complexity index is 1420. The van der Waals surface area contributed by atoms with Gasteiger partial charge in [0.25, 0.3) is 0 Å². The van der Waals surface area contributed by atoms with Gasteiger partial charge in [0.2, 0.25) is 5.95 Å². The Morgan fingerprint density at radius 2 is 1.64 bits per heavy atom. The number of nitrogen functional groups attached to an aromatic ring is 1. The quantitative estimate of drug-likeness (QED) is 0.304. The number of nitrogens with one attached hydrogen (secondary N) is 3. The normalized spacial score (nSPS) is 11.9. The van der Waals surface area contributed by atoms with Crippen LogP contribution in [0.3, 0.4) is 0 Å². The molecule has 5 aromatic rings. The Balaban J connectivity index is 1.33. The summed E-state index contributed by atoms with van der Waals surface area (Å²) >= 11 is 0. The van der Waals surface area contributed by atoms with Gasteiger partial charge in [0.1, 0.15) is 17.5 Å². The van der Waals surface area contributed by atoms with Crippen molar-refractivity contribution in [3.63, 3.8) is 0 Å². The zero-order valence-electron chi connectivity index (χ0n) is 17.6. The largest absolute Gasteiger partial charge is 0.368 e. The Hall–Kier alpha value is -4.60. The Morgan fingerprint density at radius 1 is 0.879 bits per heavy atom. The second kappa shape index (κ2) is 8.50. The third kappa shape index (κ3) is 4.54. The van der Waals surface area contributed by atoms with Gasteiger partial charge in [-0.25, -0.2) is 4.39 Å². The van der Waals surface area contributed by atoms with Gasteiger partial charge in [-0.2, -0.15) is 15.1 Å². The van der Waals surface area contributed by atoms with Gasteiger partial charge in [-0.05, 0) is 36.8 Å². The molecular formula is C23H20FN9. The maximum absolute atomic E-state index is 13.2. The summed E-state index contributed by atoms with van der Waals surface area (Å²) < 4.78 is 13.2. The van der Waals surface area contributed by atoms with E-state index in [1.807, 2.05) is 31.2 Å². The summed E-state index contributed by atoms with van der Waals surface area (Å²) in [7, 11) is 0. The summed E-state index contributed by atoms with van der Waals surface area (Å²) in [6.45, 7) is 1.95. The minimum absolute atomic E-state index is 0.109. The Kier molecular flexibility index (Phi) is 5.23. The minimum atomic E-state index is -0.279. The van der Waals surface area contributed by atoms with Crippen LogP contribution >= 0.6 is 0 Å². The maximum Gasteiger partial charge on any atom is 0.223 e. The molecule has 5 N–H and O–H groups in total. The lowest BCUT2D eigenvalue weighted by Gasteiger charge is -2.16. The third-order valence-corrected chi connectivity index (χ3v) is 5.09. The molecule has 0 aliphatic heterocycles. The van der Waals surface area contributed by atoms with E-state index in [1.54, 1.807) is 30.6 Å². The number of H-pyrrole nitrogens is 1. The van der Waals surface area contributed by atoms with Gasteiger partial charge in [0.05, 0.1) is 16.7 Å². The van der Waals surface area contributed by atoms with Gasteiger partial charge in [0.15, 0.2) is 5.82 Å². The predicted octanol–water partition coefficient (Wildman–Crippen LogP) is 4.45. The molecule has 0 bridgehead atoms. The first-order valence-electron chi connectivity index (χ1n) is 10.2. The van der Waals surface area contributed by atoms with Crippen molar-refractivity contribution in [3.05, 3.63) is 78.4 Å². The van der Waals surface area contributed by atoms with Crippen molar-refractivity contribution < 1.29 is 4.39 Å². The van der Waals surface area contributed by atoms with E-state index in [1.165, 1.54) is 12.1 Å². The molecular weight excluding hydrogens is 421 g/mol. The van der Waals surface area contributed by atoms with E-state index in [2.05, 4.69) is 40.8 Å². The van der Waals surface area contributed by atoms with Crippen LogP contribution in [-0.2, 0) is 0 Å². The molecule has 164 valence electrons. The zero-order valence-corrected chi connectivity index (χ0v) is 17.6. The number of fused-ring (bicyclic) bond motifs is 1. The van der Waals surface area contributed by atoms with Gasteiger partial charge < -0.3 is 16.4 Å². The highest BCUT2D eigenvalue weighted by Gasteiger charge is 2.11. The highest BCUT2D eigenvalue weighted by molar-refractivity contribution is 5.80. The van der Waals surface area contributed by atoms with Crippen molar-refractivity contribution in [1.82, 2.24) is 30.1 Å². The number of halogens is 1. The average Bonchev–Trinajstić information content (AvgIpc) is 3.27. The Morgan fingerprint density at radius 3 is 2.45 bits per heavy atom. The molecule has 10 heteroatoms. The van der Waals surface area contributed by atoms with Gasteiger partial charge >= 0.3 is 0 Å². The van der Waals surface area contributed by atoms with Crippen molar-refractivity contribution in [1.29, 1.82) is 0 Å². The van der Waals surface area contributed by atoms with Crippen LogP contribution in [-0.4, -0.2) is 30.1 Å². The second-order valence-corrected chi connectivity index (χ2v) is 7.47. The van der Waals surface area contributed by atoms with Crippen LogP contribution in [0, 0.1) is 5.82 Å². The SMILES string of the molecule is C[C@H](Nc1cc(Nc2cc(-c3ccc4nccnc4c3)[nH]n2)nc(N)n1)c1ccc(F)cc1. The predicted molar refractivity (Wildman–Crippen MR) is 125 cm³/mol. The molecule has 1 atom stereocenters. The lowest BCUT2D eigenvalue weighted by Crippen LogP contribution is -2.10. The lowest BCUT2D eigenvalue weighted by atomic mass is 10.1. The summed E-state index contributed by atoms with van der Waals surface area (Å²) in [5.41, 5.74) is 10.2. The number of nitrogens with two attached hydrogens (primary N) is 1. The number of aromatic nitrogens is 6. The standard InChI is InChI=1S/C23H20FN9/c1-13(14-2-5-16(24)6-3-14)28-20-12-21(31-23(25)30-20)29-22-11-18(32-33-22)15-4-7-17-19(10-15)27-9-8-26-17/h2-13H,1H3,(H5,25,28,29,30,31,32,33)/t13-/m0/s1. The fraction of sp³-hybridized carbons (Fsp3) is 0.0870. The number of anilines is 4. The van der Waals surface area contributed by atoms with Gasteiger partial charge in [-0.3, -0.25) is 15.1 Å². The number of aromatic amines is 1. The lowest BCUT2D eigenvalue weighted by molar-refractivity contribution is 0.626. The second-order valence-electron chi connectivity index (χ2n) is 7.47. The average molecular weight is 441 g/mol. The minimum Gasteiger partial charge on any atom is -0.368 e. The summed E-state index contributed by atoms with van der Waals surface area (Å²) in [5, 5.41) is 13.7. The first-order chi connectivity index (χ1) is 16.0. The first-order valence-corrected chi connectivity index (χ1v) is 10.2. The molecule has 0 unspecified atom stereocenters. The molecule has 9 nitrogen and oxygen atoms in total. The highest BCUT2D eigenvalue weighted by atomic mass is 19.1. The number of benzene rings is 2. The van der Waals surface area contributed by atoms with E-state index < -0.39 is 0 Å². The molecule has 3 aromatic heterocycles. The molecule has 0 fully saturated rings. The smallest absolute Gasteiger partial charge is 0.223 e. The first kappa shape index (κ1) is 20.3. The zero-order chi connectivity index (χ0) is 22.8. The van der Waals surface area contributed by atoms with Crippen molar-refractivity contribution in [2.45, 2.75) is 13.0 Å². The number of hydrogen-bond donors (Lipinski definition) is 4. The molecule has 33 heavy (non-hydrogen) atoms. The van der Waals surface area contributed by atoms with Gasteiger partial charge in [-0.15, -0.1) is 0 Å². The monoisotopic (exact) mass is 441 g/mol. The highest BCUT2D eigenvalue weighted by Crippen LogP contribution is 2.25. The van der Waals surface area contributed by atoms with Crippen LogP contribution in [0.4, 0.5) is 27.8 Å². The fourth-order valence-electron chi connectivity index (χ4n) is 3.46.